The van der Waals surface area contributed by atoms with Gasteiger partial charge in [-0.15, -0.1) is 0 Å². The van der Waals surface area contributed by atoms with E-state index in [0.29, 0.717) is 24.7 Å². The number of aromatic nitrogens is 2. The molecule has 1 aromatic heterocycles. The molecule has 1 aliphatic rings. The predicted octanol–water partition coefficient (Wildman–Crippen LogP) is 3.76. The molecule has 1 aliphatic heterocycles. The Bertz CT molecular complexity index is 1300. The third-order valence-electron chi connectivity index (χ3n) is 6.00. The number of sulfonamides is 1. The highest BCUT2D eigenvalue weighted by Gasteiger charge is 2.25. The lowest BCUT2D eigenvalue weighted by molar-refractivity contribution is 0.0789. The summed E-state index contributed by atoms with van der Waals surface area (Å²) in [7, 11) is -2.49. The molecule has 1 amide bonds. The number of hydrogen-bond donors (Lipinski definition) is 1. The number of benzene rings is 2. The highest BCUT2D eigenvalue weighted by molar-refractivity contribution is 7.89. The zero-order valence-electron chi connectivity index (χ0n) is 20.4. The van der Waals surface area contributed by atoms with Crippen LogP contribution in [0.3, 0.4) is 0 Å². The van der Waals surface area contributed by atoms with Crippen LogP contribution in [0, 0.1) is 0 Å². The van der Waals surface area contributed by atoms with Crippen molar-refractivity contribution in [1.82, 2.24) is 19.8 Å². The Morgan fingerprint density at radius 1 is 1.11 bits per heavy atom. The van der Waals surface area contributed by atoms with E-state index in [1.54, 1.807) is 4.90 Å². The van der Waals surface area contributed by atoms with Crippen LogP contribution in [0.25, 0.3) is 11.4 Å². The number of carbonyl (C=O) groups excluding carboxylic acids is 1. The first kappa shape index (κ1) is 24.9. The number of ether oxygens (including phenoxy) is 1. The summed E-state index contributed by atoms with van der Waals surface area (Å²) in [5.74, 6) is 0.600. The number of amides is 1. The van der Waals surface area contributed by atoms with Crippen LogP contribution in [0.15, 0.2) is 51.9 Å². The maximum Gasteiger partial charge on any atom is 0.257 e. The number of likely N-dealkylation sites (tertiary alicyclic amines) is 1. The standard InChI is InChI=1S/C25H30N4O5S/c1-25(2,3)18-9-7-17(8-10-18)23-27-22(34-28-23)16-26-35(31,32)19-11-12-21(33-4)20(15-19)24(30)29-13-5-6-14-29/h7-12,15,26H,5-6,13-14,16H2,1-4H3. The molecule has 2 aromatic carbocycles. The molecule has 0 radical (unpaired) electrons. The first-order valence-corrected chi connectivity index (χ1v) is 13.0. The van der Waals surface area contributed by atoms with Crippen molar-refractivity contribution in [3.63, 3.8) is 0 Å². The summed E-state index contributed by atoms with van der Waals surface area (Å²) in [5, 5.41) is 3.97. The van der Waals surface area contributed by atoms with Gasteiger partial charge < -0.3 is 14.2 Å². The molecule has 0 bridgehead atoms. The van der Waals surface area contributed by atoms with Crippen molar-refractivity contribution >= 4 is 15.9 Å². The van der Waals surface area contributed by atoms with Crippen molar-refractivity contribution in [1.29, 1.82) is 0 Å². The molecular formula is C25H30N4O5S. The van der Waals surface area contributed by atoms with Crippen molar-refractivity contribution in [2.75, 3.05) is 20.2 Å². The van der Waals surface area contributed by atoms with E-state index in [-0.39, 0.29) is 34.2 Å². The maximum atomic E-state index is 12.9. The second kappa shape index (κ2) is 9.79. The minimum atomic E-state index is -3.94. The van der Waals surface area contributed by atoms with Gasteiger partial charge in [0.25, 0.3) is 5.91 Å². The van der Waals surface area contributed by atoms with Crippen LogP contribution in [0.5, 0.6) is 5.75 Å². The van der Waals surface area contributed by atoms with Gasteiger partial charge in [-0.05, 0) is 42.0 Å². The lowest BCUT2D eigenvalue weighted by Gasteiger charge is -2.18. The zero-order valence-corrected chi connectivity index (χ0v) is 21.2. The van der Waals surface area contributed by atoms with Gasteiger partial charge in [-0.1, -0.05) is 50.2 Å². The fraction of sp³-hybridized carbons (Fsp3) is 0.400. The Morgan fingerprint density at radius 3 is 2.43 bits per heavy atom. The van der Waals surface area contributed by atoms with Crippen LogP contribution in [-0.4, -0.2) is 49.6 Å². The number of rotatable bonds is 7. The first-order chi connectivity index (χ1) is 16.6. The quantitative estimate of drug-likeness (QED) is 0.527. The molecule has 1 saturated heterocycles. The van der Waals surface area contributed by atoms with Gasteiger partial charge in [-0.25, -0.2) is 13.1 Å². The number of methoxy groups -OCH3 is 1. The van der Waals surface area contributed by atoms with Crippen molar-refractivity contribution in [3.05, 3.63) is 59.5 Å². The van der Waals surface area contributed by atoms with Gasteiger partial charge in [0.2, 0.25) is 21.7 Å². The van der Waals surface area contributed by atoms with E-state index in [4.69, 9.17) is 9.26 Å². The molecule has 4 rings (SSSR count). The van der Waals surface area contributed by atoms with E-state index in [2.05, 4.69) is 35.6 Å². The van der Waals surface area contributed by atoms with Crippen LogP contribution in [-0.2, 0) is 22.0 Å². The Kier molecular flexibility index (Phi) is 6.95. The summed E-state index contributed by atoms with van der Waals surface area (Å²) in [6.07, 6.45) is 1.86. The Labute approximate surface area is 205 Å². The smallest absolute Gasteiger partial charge is 0.257 e. The van der Waals surface area contributed by atoms with Gasteiger partial charge in [0.1, 0.15) is 5.75 Å². The number of carbonyl (C=O) groups is 1. The summed E-state index contributed by atoms with van der Waals surface area (Å²) in [4.78, 5) is 18.9. The fourth-order valence-corrected chi connectivity index (χ4v) is 4.92. The zero-order chi connectivity index (χ0) is 25.2. The van der Waals surface area contributed by atoms with Crippen LogP contribution in [0.2, 0.25) is 0 Å². The fourth-order valence-electron chi connectivity index (χ4n) is 3.92. The molecule has 186 valence electrons. The number of nitrogens with zero attached hydrogens (tertiary/aromatic N) is 3. The van der Waals surface area contributed by atoms with E-state index in [9.17, 15) is 13.2 Å². The van der Waals surface area contributed by atoms with Crippen molar-refractivity contribution < 1.29 is 22.5 Å². The van der Waals surface area contributed by atoms with Crippen molar-refractivity contribution in [2.45, 2.75) is 50.5 Å². The third kappa shape index (κ3) is 5.54. The van der Waals surface area contributed by atoms with E-state index >= 15 is 0 Å². The summed E-state index contributed by atoms with van der Waals surface area (Å²) < 4.78 is 38.9. The monoisotopic (exact) mass is 498 g/mol. The topological polar surface area (TPSA) is 115 Å². The van der Waals surface area contributed by atoms with Gasteiger partial charge in [-0.2, -0.15) is 4.98 Å². The van der Waals surface area contributed by atoms with Gasteiger partial charge in [0.05, 0.1) is 24.1 Å². The highest BCUT2D eigenvalue weighted by atomic mass is 32.2. The highest BCUT2D eigenvalue weighted by Crippen LogP contribution is 2.27. The first-order valence-electron chi connectivity index (χ1n) is 11.5. The second-order valence-electron chi connectivity index (χ2n) is 9.53. The van der Waals surface area contributed by atoms with E-state index in [1.807, 2.05) is 24.3 Å². The molecule has 9 nitrogen and oxygen atoms in total. The van der Waals surface area contributed by atoms with Crippen LogP contribution >= 0.6 is 0 Å². The number of hydrogen-bond acceptors (Lipinski definition) is 7. The summed E-state index contributed by atoms with van der Waals surface area (Å²) in [6.45, 7) is 7.51. The van der Waals surface area contributed by atoms with Crippen molar-refractivity contribution in [3.8, 4) is 17.1 Å². The molecule has 0 unspecified atom stereocenters. The van der Waals surface area contributed by atoms with Gasteiger partial charge in [0.15, 0.2) is 0 Å². The van der Waals surface area contributed by atoms with E-state index in [1.165, 1.54) is 30.9 Å². The minimum absolute atomic E-state index is 0.0274. The average molecular weight is 499 g/mol. The SMILES string of the molecule is COc1ccc(S(=O)(=O)NCc2nc(-c3ccc(C(C)(C)C)cc3)no2)cc1C(=O)N1CCCC1. The maximum absolute atomic E-state index is 12.9. The molecule has 0 spiro atoms. The van der Waals surface area contributed by atoms with Crippen LogP contribution in [0.1, 0.15) is 55.4 Å². The lowest BCUT2D eigenvalue weighted by atomic mass is 9.87. The molecule has 1 fully saturated rings. The Hall–Kier alpha value is -3.24. The number of nitrogens with one attached hydrogen (secondary N) is 1. The predicted molar refractivity (Wildman–Crippen MR) is 131 cm³/mol. The molecule has 3 aromatic rings. The molecular weight excluding hydrogens is 468 g/mol. The molecule has 35 heavy (non-hydrogen) atoms. The normalized spacial score (nSPS) is 14.3. The Balaban J connectivity index is 1.48. The van der Waals surface area contributed by atoms with Gasteiger partial charge >= 0.3 is 0 Å². The Morgan fingerprint density at radius 2 is 1.80 bits per heavy atom. The lowest BCUT2D eigenvalue weighted by Crippen LogP contribution is -2.29. The molecule has 0 aliphatic carbocycles. The third-order valence-corrected chi connectivity index (χ3v) is 7.39. The largest absolute Gasteiger partial charge is 0.496 e. The average Bonchev–Trinajstić information content (AvgIpc) is 3.54. The van der Waals surface area contributed by atoms with E-state index in [0.717, 1.165) is 18.4 Å². The van der Waals surface area contributed by atoms with Gasteiger partial charge in [0, 0.05) is 18.7 Å². The molecule has 0 saturated carbocycles. The summed E-state index contributed by atoms with van der Waals surface area (Å²) in [6, 6.07) is 12.1. The minimum Gasteiger partial charge on any atom is -0.496 e. The molecule has 10 heteroatoms. The summed E-state index contributed by atoms with van der Waals surface area (Å²) >= 11 is 0. The molecule has 1 N–H and O–H groups in total. The molecule has 0 atom stereocenters. The second-order valence-corrected chi connectivity index (χ2v) is 11.3. The van der Waals surface area contributed by atoms with Crippen LogP contribution in [0.4, 0.5) is 0 Å². The van der Waals surface area contributed by atoms with E-state index < -0.39 is 10.0 Å². The molecule has 2 heterocycles. The van der Waals surface area contributed by atoms with Gasteiger partial charge in [-0.3, -0.25) is 4.79 Å². The van der Waals surface area contributed by atoms with Crippen molar-refractivity contribution in [2.24, 2.45) is 0 Å². The van der Waals surface area contributed by atoms with Crippen LogP contribution < -0.4 is 9.46 Å². The summed E-state index contributed by atoms with van der Waals surface area (Å²) in [5.41, 5.74) is 2.20.